The van der Waals surface area contributed by atoms with Gasteiger partial charge in [-0.25, -0.2) is 9.89 Å². The quantitative estimate of drug-likeness (QED) is 0.308. The number of tetrazole rings is 1. The second-order valence-electron chi connectivity index (χ2n) is 8.62. The maximum atomic E-state index is 13.4. The van der Waals surface area contributed by atoms with Crippen molar-refractivity contribution in [2.75, 3.05) is 0 Å². The van der Waals surface area contributed by atoms with E-state index in [1.807, 2.05) is 72.9 Å². The fraction of sp³-hybridized carbons (Fsp3) is 0.222. The van der Waals surface area contributed by atoms with Gasteiger partial charge in [-0.1, -0.05) is 85.6 Å². The van der Waals surface area contributed by atoms with E-state index in [-0.39, 0.29) is 5.69 Å². The van der Waals surface area contributed by atoms with Crippen molar-refractivity contribution in [3.63, 3.8) is 0 Å². The Morgan fingerprint density at radius 3 is 2.39 bits per heavy atom. The fourth-order valence-electron chi connectivity index (χ4n) is 4.31. The first-order chi connectivity index (χ1) is 17.7. The molecule has 0 spiro atoms. The summed E-state index contributed by atoms with van der Waals surface area (Å²) < 4.78 is 3.41. The Labute approximate surface area is 213 Å². The van der Waals surface area contributed by atoms with Gasteiger partial charge in [-0.3, -0.25) is 14.1 Å². The molecule has 0 amide bonds. The molecule has 0 saturated carbocycles. The average Bonchev–Trinajstić information content (AvgIpc) is 3.53. The summed E-state index contributed by atoms with van der Waals surface area (Å²) in [4.78, 5) is 18.1. The lowest BCUT2D eigenvalue weighted by molar-refractivity contribution is 0.647. The first-order valence-electron chi connectivity index (χ1n) is 12.0. The van der Waals surface area contributed by atoms with Crippen molar-refractivity contribution in [2.45, 2.75) is 39.3 Å². The van der Waals surface area contributed by atoms with Gasteiger partial charge in [-0.15, -0.1) is 5.10 Å². The van der Waals surface area contributed by atoms with Crippen molar-refractivity contribution in [2.24, 2.45) is 0 Å². The molecule has 5 rings (SSSR count). The van der Waals surface area contributed by atoms with Crippen LogP contribution in [-0.4, -0.2) is 34.7 Å². The summed E-state index contributed by atoms with van der Waals surface area (Å²) in [5, 5.41) is 14.7. The number of pyridine rings is 1. The zero-order valence-corrected chi connectivity index (χ0v) is 20.7. The van der Waals surface area contributed by atoms with Gasteiger partial charge >= 0.3 is 5.69 Å². The Morgan fingerprint density at radius 2 is 1.69 bits per heavy atom. The molecule has 1 N–H and O–H groups in total. The van der Waals surface area contributed by atoms with Crippen LogP contribution in [0.15, 0.2) is 77.7 Å². The molecule has 0 aliphatic carbocycles. The lowest BCUT2D eigenvalue weighted by Crippen LogP contribution is -2.26. The molecular weight excluding hydrogens is 474 g/mol. The zero-order chi connectivity index (χ0) is 24.9. The highest BCUT2D eigenvalue weighted by Gasteiger charge is 2.19. The number of unbranched alkanes of at least 4 members (excludes halogenated alkanes) is 1. The number of aromatic amines is 1. The number of imidazole rings is 1. The van der Waals surface area contributed by atoms with Crippen LogP contribution < -0.4 is 5.69 Å². The molecule has 0 radical (unpaired) electrons. The minimum Gasteiger partial charge on any atom is -0.289 e. The van der Waals surface area contributed by atoms with E-state index in [1.54, 1.807) is 9.13 Å². The number of nitrogens with one attached hydrogen (secondary N) is 1. The Hall–Kier alpha value is -4.04. The molecule has 36 heavy (non-hydrogen) atoms. The van der Waals surface area contributed by atoms with Crippen LogP contribution in [0.3, 0.4) is 0 Å². The van der Waals surface area contributed by atoms with Crippen LogP contribution in [0.4, 0.5) is 0 Å². The maximum absolute atomic E-state index is 13.4. The number of benzene rings is 2. The molecule has 0 atom stereocenters. The third-order valence-electron chi connectivity index (χ3n) is 6.20. The average molecular weight is 500 g/mol. The van der Waals surface area contributed by atoms with Crippen LogP contribution in [0, 0.1) is 0 Å². The van der Waals surface area contributed by atoms with Gasteiger partial charge in [0.1, 0.15) is 5.15 Å². The van der Waals surface area contributed by atoms with Crippen LogP contribution in [0.2, 0.25) is 5.15 Å². The lowest BCUT2D eigenvalue weighted by atomic mass is 10.0. The summed E-state index contributed by atoms with van der Waals surface area (Å²) in [5.74, 6) is 0.594. The zero-order valence-electron chi connectivity index (χ0n) is 19.9. The van der Waals surface area contributed by atoms with Crippen LogP contribution in [0.5, 0.6) is 0 Å². The molecule has 9 heteroatoms. The fourth-order valence-corrected chi connectivity index (χ4v) is 4.64. The van der Waals surface area contributed by atoms with E-state index >= 15 is 0 Å². The highest BCUT2D eigenvalue weighted by molar-refractivity contribution is 6.30. The van der Waals surface area contributed by atoms with Crippen molar-refractivity contribution in [3.8, 4) is 22.5 Å². The SMILES string of the molecule is CCCCc1c(Cl)n(Cc2ccccc2)c(=O)n1Cc1ccc(-c2ccccc2-c2nnn[nH]2)cn1. The molecule has 0 unspecified atom stereocenters. The maximum Gasteiger partial charge on any atom is 0.330 e. The monoisotopic (exact) mass is 499 g/mol. The number of aromatic nitrogens is 7. The van der Waals surface area contributed by atoms with E-state index < -0.39 is 0 Å². The second-order valence-corrected chi connectivity index (χ2v) is 8.97. The second kappa shape index (κ2) is 10.7. The smallest absolute Gasteiger partial charge is 0.289 e. The number of halogens is 1. The van der Waals surface area contributed by atoms with Crippen molar-refractivity contribution in [1.82, 2.24) is 34.7 Å². The van der Waals surface area contributed by atoms with Gasteiger partial charge in [0.2, 0.25) is 0 Å². The van der Waals surface area contributed by atoms with Gasteiger partial charge in [0.25, 0.3) is 0 Å². The molecule has 8 nitrogen and oxygen atoms in total. The summed E-state index contributed by atoms with van der Waals surface area (Å²) in [5.41, 5.74) is 5.34. The van der Waals surface area contributed by atoms with Crippen molar-refractivity contribution in [1.29, 1.82) is 0 Å². The third kappa shape index (κ3) is 4.85. The molecule has 0 fully saturated rings. The molecule has 0 aliphatic rings. The molecular formula is C27H26ClN7O. The minimum absolute atomic E-state index is 0.121. The van der Waals surface area contributed by atoms with Gasteiger partial charge < -0.3 is 0 Å². The topological polar surface area (TPSA) is 94.3 Å². The summed E-state index contributed by atoms with van der Waals surface area (Å²) in [6.45, 7) is 2.92. The van der Waals surface area contributed by atoms with Crippen molar-refractivity contribution >= 4 is 11.6 Å². The normalized spacial score (nSPS) is 11.2. The summed E-state index contributed by atoms with van der Waals surface area (Å²) in [6.07, 6.45) is 4.52. The number of H-pyrrole nitrogens is 1. The predicted molar refractivity (Wildman–Crippen MR) is 140 cm³/mol. The molecule has 0 saturated heterocycles. The summed E-state index contributed by atoms with van der Waals surface area (Å²) in [7, 11) is 0. The molecule has 5 aromatic rings. The highest BCUT2D eigenvalue weighted by Crippen LogP contribution is 2.29. The predicted octanol–water partition coefficient (Wildman–Crippen LogP) is 4.98. The largest absolute Gasteiger partial charge is 0.330 e. The Morgan fingerprint density at radius 1 is 0.917 bits per heavy atom. The Bertz CT molecular complexity index is 1490. The van der Waals surface area contributed by atoms with Crippen LogP contribution in [-0.2, 0) is 19.5 Å². The lowest BCUT2D eigenvalue weighted by Gasteiger charge is -2.09. The van der Waals surface area contributed by atoms with E-state index in [0.717, 1.165) is 52.9 Å². The van der Waals surface area contributed by atoms with E-state index in [4.69, 9.17) is 11.6 Å². The van der Waals surface area contributed by atoms with Crippen LogP contribution in [0.1, 0.15) is 36.7 Å². The molecule has 3 heterocycles. The van der Waals surface area contributed by atoms with Gasteiger partial charge in [-0.05, 0) is 40.5 Å². The van der Waals surface area contributed by atoms with Gasteiger partial charge in [0, 0.05) is 17.3 Å². The van der Waals surface area contributed by atoms with Gasteiger partial charge in [0.15, 0.2) is 5.82 Å². The van der Waals surface area contributed by atoms with E-state index in [9.17, 15) is 4.79 Å². The molecule has 0 bridgehead atoms. The van der Waals surface area contributed by atoms with Crippen LogP contribution in [0.25, 0.3) is 22.5 Å². The van der Waals surface area contributed by atoms with Crippen molar-refractivity contribution in [3.05, 3.63) is 106 Å². The van der Waals surface area contributed by atoms with E-state index in [2.05, 4.69) is 32.5 Å². The standard InChI is InChI=1S/C27H26ClN7O/c1-2-3-13-24-25(28)35(17-19-9-5-4-6-10-19)27(36)34(24)18-21-15-14-20(16-29-21)22-11-7-8-12-23(22)26-30-32-33-31-26/h4-12,14-16H,2-3,13,17-18H2,1H3,(H,30,31,32,33). The van der Waals surface area contributed by atoms with Crippen molar-refractivity contribution < 1.29 is 0 Å². The number of hydrogen-bond donors (Lipinski definition) is 1. The molecule has 2 aromatic carbocycles. The third-order valence-corrected chi connectivity index (χ3v) is 6.62. The molecule has 3 aromatic heterocycles. The van der Waals surface area contributed by atoms with Gasteiger partial charge in [0.05, 0.1) is 24.5 Å². The Balaban J connectivity index is 1.45. The summed E-state index contributed by atoms with van der Waals surface area (Å²) >= 11 is 6.76. The number of rotatable bonds is 9. The molecule has 182 valence electrons. The van der Waals surface area contributed by atoms with Gasteiger partial charge in [-0.2, -0.15) is 0 Å². The highest BCUT2D eigenvalue weighted by atomic mass is 35.5. The molecule has 0 aliphatic heterocycles. The first kappa shape index (κ1) is 23.7. The first-order valence-corrected chi connectivity index (χ1v) is 12.3. The Kier molecular flexibility index (Phi) is 7.04. The van der Waals surface area contributed by atoms with E-state index in [0.29, 0.717) is 24.1 Å². The number of hydrogen-bond acceptors (Lipinski definition) is 5. The van der Waals surface area contributed by atoms with E-state index in [1.165, 1.54) is 0 Å². The summed E-state index contributed by atoms with van der Waals surface area (Å²) in [6, 6.07) is 21.7. The minimum atomic E-state index is -0.121. The van der Waals surface area contributed by atoms with Crippen LogP contribution >= 0.6 is 11.6 Å². The number of nitrogens with zero attached hydrogens (tertiary/aromatic N) is 6.